The van der Waals surface area contributed by atoms with Gasteiger partial charge in [-0.25, -0.2) is 4.79 Å². The van der Waals surface area contributed by atoms with Gasteiger partial charge in [0.05, 0.1) is 12.6 Å². The van der Waals surface area contributed by atoms with Crippen LogP contribution in [-0.2, 0) is 11.2 Å². The summed E-state index contributed by atoms with van der Waals surface area (Å²) in [6.45, 7) is 4.02. The summed E-state index contributed by atoms with van der Waals surface area (Å²) in [6.07, 6.45) is 5.37. The third-order valence-electron chi connectivity index (χ3n) is 3.17. The summed E-state index contributed by atoms with van der Waals surface area (Å²) in [5.41, 5.74) is 1.09. The molecule has 0 saturated carbocycles. The minimum Gasteiger partial charge on any atom is -0.445 e. The molecule has 1 aromatic rings. The maximum atomic E-state index is 11.9. The number of nitrogens with zero attached hydrogens (tertiary/aromatic N) is 2. The molecule has 2 atom stereocenters. The molecule has 1 N–H and O–H groups in total. The molecule has 0 aromatic carbocycles. The van der Waals surface area contributed by atoms with Crippen LogP contribution in [0.1, 0.15) is 12.0 Å². The number of hydrogen-bond acceptors (Lipinski definition) is 4. The normalized spacial score (nSPS) is 22.3. The van der Waals surface area contributed by atoms with Crippen molar-refractivity contribution >= 4 is 6.09 Å². The van der Waals surface area contributed by atoms with Crippen LogP contribution >= 0.6 is 0 Å². The first-order valence-corrected chi connectivity index (χ1v) is 6.32. The molecule has 1 fully saturated rings. The lowest BCUT2D eigenvalue weighted by molar-refractivity contribution is 0.102. The predicted octanol–water partition coefficient (Wildman–Crippen LogP) is 1.38. The molecule has 0 aliphatic carbocycles. The Balaban J connectivity index is 2.01. The third kappa shape index (κ3) is 3.54. The van der Waals surface area contributed by atoms with Crippen LogP contribution in [-0.4, -0.2) is 46.4 Å². The Bertz CT molecular complexity index is 436. The largest absolute Gasteiger partial charge is 0.445 e. The highest BCUT2D eigenvalue weighted by Crippen LogP contribution is 2.22. The van der Waals surface area contributed by atoms with Gasteiger partial charge in [0.25, 0.3) is 0 Å². The number of amides is 1. The maximum Gasteiger partial charge on any atom is 0.410 e. The van der Waals surface area contributed by atoms with E-state index >= 15 is 0 Å². The number of hydrogen-bond donors (Lipinski definition) is 1. The molecule has 19 heavy (non-hydrogen) atoms. The fraction of sp³-hybridized carbons (Fsp3) is 0.429. The van der Waals surface area contributed by atoms with Crippen molar-refractivity contribution in [1.82, 2.24) is 9.88 Å². The van der Waals surface area contributed by atoms with Gasteiger partial charge in [-0.3, -0.25) is 4.98 Å². The summed E-state index contributed by atoms with van der Waals surface area (Å²) in [4.78, 5) is 17.4. The van der Waals surface area contributed by atoms with Crippen LogP contribution in [0.2, 0.25) is 0 Å². The lowest BCUT2D eigenvalue weighted by atomic mass is 10.0. The van der Waals surface area contributed by atoms with Crippen molar-refractivity contribution in [1.29, 1.82) is 0 Å². The summed E-state index contributed by atoms with van der Waals surface area (Å²) >= 11 is 0. The van der Waals surface area contributed by atoms with Crippen LogP contribution in [0, 0.1) is 0 Å². The van der Waals surface area contributed by atoms with E-state index in [-0.39, 0.29) is 12.6 Å². The average molecular weight is 262 g/mol. The Morgan fingerprint density at radius 3 is 3.00 bits per heavy atom. The Morgan fingerprint density at radius 1 is 1.58 bits per heavy atom. The van der Waals surface area contributed by atoms with E-state index in [1.807, 2.05) is 12.1 Å². The van der Waals surface area contributed by atoms with Crippen LogP contribution in [0.4, 0.5) is 4.79 Å². The van der Waals surface area contributed by atoms with Gasteiger partial charge in [0.15, 0.2) is 0 Å². The van der Waals surface area contributed by atoms with E-state index in [4.69, 9.17) is 4.74 Å². The number of carbonyl (C=O) groups excluding carboxylic acids is 1. The van der Waals surface area contributed by atoms with Crippen molar-refractivity contribution in [2.24, 2.45) is 0 Å². The fourth-order valence-electron chi connectivity index (χ4n) is 2.31. The molecule has 1 aliphatic heterocycles. The average Bonchev–Trinajstić information content (AvgIpc) is 2.78. The molecule has 1 saturated heterocycles. The number of carbonyl (C=O) groups is 1. The van der Waals surface area contributed by atoms with E-state index in [0.717, 1.165) is 5.56 Å². The molecule has 1 amide bonds. The van der Waals surface area contributed by atoms with E-state index in [0.29, 0.717) is 19.4 Å². The van der Waals surface area contributed by atoms with Crippen LogP contribution in [0.15, 0.2) is 37.2 Å². The van der Waals surface area contributed by atoms with Crippen molar-refractivity contribution in [3.63, 3.8) is 0 Å². The molecule has 2 heterocycles. The lowest BCUT2D eigenvalue weighted by Crippen LogP contribution is -2.37. The highest BCUT2D eigenvalue weighted by atomic mass is 16.6. The highest BCUT2D eigenvalue weighted by molar-refractivity contribution is 5.68. The van der Waals surface area contributed by atoms with Crippen LogP contribution in [0.5, 0.6) is 0 Å². The predicted molar refractivity (Wildman–Crippen MR) is 70.6 cm³/mol. The van der Waals surface area contributed by atoms with Crippen molar-refractivity contribution < 1.29 is 14.6 Å². The first-order valence-electron chi connectivity index (χ1n) is 6.32. The van der Waals surface area contributed by atoms with E-state index < -0.39 is 12.2 Å². The van der Waals surface area contributed by atoms with E-state index in [9.17, 15) is 9.90 Å². The van der Waals surface area contributed by atoms with Gasteiger partial charge in [0, 0.05) is 18.4 Å². The number of aliphatic hydroxyl groups excluding tert-OH is 1. The molecule has 0 radical (unpaired) electrons. The van der Waals surface area contributed by atoms with Gasteiger partial charge in [-0.15, -0.1) is 0 Å². The molecular formula is C14H18N2O3. The van der Waals surface area contributed by atoms with Gasteiger partial charge in [0.1, 0.15) is 6.61 Å². The van der Waals surface area contributed by atoms with Crippen LogP contribution < -0.4 is 0 Å². The number of pyridine rings is 1. The zero-order valence-electron chi connectivity index (χ0n) is 10.7. The molecule has 5 heteroatoms. The molecule has 2 unspecified atom stereocenters. The van der Waals surface area contributed by atoms with E-state index in [1.54, 1.807) is 17.3 Å². The van der Waals surface area contributed by atoms with Crippen LogP contribution in [0.25, 0.3) is 0 Å². The van der Waals surface area contributed by atoms with Gasteiger partial charge in [-0.2, -0.15) is 0 Å². The summed E-state index contributed by atoms with van der Waals surface area (Å²) in [5, 5.41) is 9.74. The molecule has 1 aliphatic rings. The fourth-order valence-corrected chi connectivity index (χ4v) is 2.31. The molecule has 102 valence electrons. The maximum absolute atomic E-state index is 11.9. The quantitative estimate of drug-likeness (QED) is 0.833. The number of likely N-dealkylation sites (tertiary alicyclic amines) is 1. The van der Waals surface area contributed by atoms with Crippen molar-refractivity contribution in [3.8, 4) is 0 Å². The number of β-amino-alcohol motifs (C(OH)–C–C–N with tert-alkyl or cyclic N) is 1. The number of ether oxygens (including phenoxy) is 1. The highest BCUT2D eigenvalue weighted by Gasteiger charge is 2.35. The van der Waals surface area contributed by atoms with Crippen molar-refractivity contribution in [2.45, 2.75) is 25.0 Å². The zero-order valence-corrected chi connectivity index (χ0v) is 10.7. The number of rotatable bonds is 4. The van der Waals surface area contributed by atoms with E-state index in [1.165, 1.54) is 6.08 Å². The molecule has 1 aromatic heterocycles. The van der Waals surface area contributed by atoms with Gasteiger partial charge < -0.3 is 14.7 Å². The SMILES string of the molecule is C=CCOC(=O)N1CC(O)CC1Cc1ccncc1. The minimum absolute atomic E-state index is 0.0327. The Hall–Kier alpha value is -1.88. The summed E-state index contributed by atoms with van der Waals surface area (Å²) < 4.78 is 5.04. The van der Waals surface area contributed by atoms with Gasteiger partial charge >= 0.3 is 6.09 Å². The lowest BCUT2D eigenvalue weighted by Gasteiger charge is -2.23. The third-order valence-corrected chi connectivity index (χ3v) is 3.17. The van der Waals surface area contributed by atoms with Gasteiger partial charge in [-0.1, -0.05) is 12.7 Å². The second-order valence-corrected chi connectivity index (χ2v) is 4.62. The summed E-state index contributed by atoms with van der Waals surface area (Å²) in [5.74, 6) is 0. The number of aliphatic hydroxyl groups is 1. The summed E-state index contributed by atoms with van der Waals surface area (Å²) in [6, 6.07) is 3.80. The number of aromatic nitrogens is 1. The molecule has 2 rings (SSSR count). The second-order valence-electron chi connectivity index (χ2n) is 4.62. The Labute approximate surface area is 112 Å². The summed E-state index contributed by atoms with van der Waals surface area (Å²) in [7, 11) is 0. The smallest absolute Gasteiger partial charge is 0.410 e. The van der Waals surface area contributed by atoms with Gasteiger partial charge in [0.2, 0.25) is 0 Å². The molecular weight excluding hydrogens is 244 g/mol. The topological polar surface area (TPSA) is 62.7 Å². The first-order chi connectivity index (χ1) is 9.20. The van der Waals surface area contributed by atoms with Crippen molar-refractivity contribution in [3.05, 3.63) is 42.7 Å². The molecule has 5 nitrogen and oxygen atoms in total. The first kappa shape index (κ1) is 13.5. The Kier molecular flexibility index (Phi) is 4.52. The zero-order chi connectivity index (χ0) is 13.7. The standard InChI is InChI=1S/C14H18N2O3/c1-2-7-19-14(18)16-10-13(17)9-12(16)8-11-3-5-15-6-4-11/h2-6,12-13,17H,1,7-10H2. The second kappa shape index (κ2) is 6.33. The molecule has 0 bridgehead atoms. The van der Waals surface area contributed by atoms with E-state index in [2.05, 4.69) is 11.6 Å². The Morgan fingerprint density at radius 2 is 2.32 bits per heavy atom. The van der Waals surface area contributed by atoms with Crippen LogP contribution in [0.3, 0.4) is 0 Å². The van der Waals surface area contributed by atoms with Gasteiger partial charge in [-0.05, 0) is 30.5 Å². The monoisotopic (exact) mass is 262 g/mol. The minimum atomic E-state index is -0.483. The molecule has 0 spiro atoms. The van der Waals surface area contributed by atoms with Crippen molar-refractivity contribution in [2.75, 3.05) is 13.2 Å².